The number of methoxy groups -OCH3 is 2. The summed E-state index contributed by atoms with van der Waals surface area (Å²) in [5, 5.41) is 20.7. The summed E-state index contributed by atoms with van der Waals surface area (Å²) in [5.41, 5.74) is 18.2. The predicted molar refractivity (Wildman–Crippen MR) is 200 cm³/mol. The number of fused-ring (bicyclic) bond motifs is 2. The highest BCUT2D eigenvalue weighted by atomic mass is 127. The Morgan fingerprint density at radius 3 is 1.77 bits per heavy atom. The van der Waals surface area contributed by atoms with E-state index in [1.807, 2.05) is 91.1 Å². The molecule has 0 spiro atoms. The molecule has 0 radical (unpaired) electrons. The number of benzene rings is 4. The first kappa shape index (κ1) is 34.7. The zero-order valence-corrected chi connectivity index (χ0v) is 29.3. The number of aryl methyl sites for hydroxylation is 2. The first-order valence-corrected chi connectivity index (χ1v) is 16.4. The Morgan fingerprint density at radius 1 is 0.702 bits per heavy atom. The van der Waals surface area contributed by atoms with Gasteiger partial charge in [-0.1, -0.05) is 26.0 Å². The highest BCUT2D eigenvalue weighted by Gasteiger charge is 2.19. The van der Waals surface area contributed by atoms with Crippen LogP contribution in [0.5, 0.6) is 11.5 Å². The van der Waals surface area contributed by atoms with E-state index in [2.05, 4.69) is 57.7 Å². The highest BCUT2D eigenvalue weighted by Crippen LogP contribution is 2.36. The maximum Gasteiger partial charge on any atom is 0.120 e. The number of nitriles is 2. The molecule has 4 N–H and O–H groups in total. The molecule has 0 aliphatic carbocycles. The zero-order chi connectivity index (χ0) is 33.9. The van der Waals surface area contributed by atoms with Crippen molar-refractivity contribution in [2.24, 2.45) is 0 Å². The van der Waals surface area contributed by atoms with Gasteiger partial charge in [0.05, 0.1) is 42.1 Å². The standard InChI is InChI=1S/C19H19N3O.C13H14N2O.C6H6IN/c1-3-10-22-18-11-15(23-2)8-9-16(18)17(12-20)19(22)13-4-6-14(21)7-5-13;1-3-6-15-9-10(8-14)12-5-4-11(16-2)7-13(12)15;7-5-1-3-6(8)4-2-5/h4-9,11H,3,10,21H2,1-2H3;4-5,7,9H,3,6H2,1-2H3;1-4H,8H2. The van der Waals surface area contributed by atoms with Gasteiger partial charge in [0.1, 0.15) is 23.6 Å². The minimum absolute atomic E-state index is 0.695. The molecule has 6 aromatic rings. The lowest BCUT2D eigenvalue weighted by Gasteiger charge is -2.11. The first-order valence-electron chi connectivity index (χ1n) is 15.3. The Morgan fingerprint density at radius 2 is 1.26 bits per heavy atom. The van der Waals surface area contributed by atoms with E-state index < -0.39 is 0 Å². The van der Waals surface area contributed by atoms with Crippen molar-refractivity contribution < 1.29 is 9.47 Å². The number of anilines is 2. The van der Waals surface area contributed by atoms with Crippen molar-refractivity contribution in [1.29, 1.82) is 10.5 Å². The van der Waals surface area contributed by atoms with Gasteiger partial charge in [0.2, 0.25) is 0 Å². The lowest BCUT2D eigenvalue weighted by Crippen LogP contribution is -2.00. The maximum absolute atomic E-state index is 9.72. The number of hydrogen-bond donors (Lipinski definition) is 2. The van der Waals surface area contributed by atoms with Gasteiger partial charge in [-0.15, -0.1) is 0 Å². The Labute approximate surface area is 289 Å². The maximum atomic E-state index is 9.72. The highest BCUT2D eigenvalue weighted by molar-refractivity contribution is 14.1. The van der Waals surface area contributed by atoms with Crippen LogP contribution in [0.1, 0.15) is 37.8 Å². The largest absolute Gasteiger partial charge is 0.497 e. The quantitative estimate of drug-likeness (QED) is 0.124. The van der Waals surface area contributed by atoms with E-state index in [1.165, 1.54) is 3.57 Å². The summed E-state index contributed by atoms with van der Waals surface area (Å²) in [6, 6.07) is 31.7. The molecule has 9 heteroatoms. The molecule has 0 bridgehead atoms. The number of nitrogen functional groups attached to an aromatic ring is 2. The van der Waals surface area contributed by atoms with Crippen molar-refractivity contribution in [3.63, 3.8) is 0 Å². The Kier molecular flexibility index (Phi) is 12.1. The van der Waals surface area contributed by atoms with Crippen molar-refractivity contribution in [1.82, 2.24) is 9.13 Å². The topological polar surface area (TPSA) is 128 Å². The van der Waals surface area contributed by atoms with E-state index in [4.69, 9.17) is 26.2 Å². The molecule has 0 unspecified atom stereocenters. The summed E-state index contributed by atoms with van der Waals surface area (Å²) in [6.07, 6.45) is 3.94. The number of rotatable bonds is 7. The van der Waals surface area contributed by atoms with Gasteiger partial charge in [-0.25, -0.2) is 0 Å². The van der Waals surface area contributed by atoms with Crippen molar-refractivity contribution in [3.05, 3.63) is 106 Å². The van der Waals surface area contributed by atoms with Crippen molar-refractivity contribution in [2.45, 2.75) is 39.8 Å². The van der Waals surface area contributed by atoms with Crippen LogP contribution < -0.4 is 20.9 Å². The second-order valence-electron chi connectivity index (χ2n) is 10.8. The number of ether oxygens (including phenoxy) is 2. The molecule has 240 valence electrons. The van der Waals surface area contributed by atoms with E-state index in [1.54, 1.807) is 14.2 Å². The fourth-order valence-corrected chi connectivity index (χ4v) is 5.70. The molecule has 6 rings (SSSR count). The summed E-state index contributed by atoms with van der Waals surface area (Å²) in [7, 11) is 3.31. The van der Waals surface area contributed by atoms with Gasteiger partial charge in [0.25, 0.3) is 0 Å². The van der Waals surface area contributed by atoms with E-state index in [0.29, 0.717) is 11.3 Å². The molecular weight excluding hydrogens is 699 g/mol. The number of nitrogens with two attached hydrogens (primary N) is 2. The van der Waals surface area contributed by atoms with Crippen LogP contribution in [0.25, 0.3) is 33.1 Å². The fraction of sp³-hybridized carbons (Fsp3) is 0.211. The fourth-order valence-electron chi connectivity index (χ4n) is 5.34. The lowest BCUT2D eigenvalue weighted by molar-refractivity contribution is 0.415. The molecule has 0 aliphatic rings. The second-order valence-corrected chi connectivity index (χ2v) is 12.0. The monoisotopic (exact) mass is 738 g/mol. The van der Waals surface area contributed by atoms with Crippen LogP contribution in [0.3, 0.4) is 0 Å². The van der Waals surface area contributed by atoms with Crippen molar-refractivity contribution >= 4 is 55.8 Å². The van der Waals surface area contributed by atoms with Crippen LogP contribution in [-0.4, -0.2) is 23.4 Å². The molecule has 0 amide bonds. The second kappa shape index (κ2) is 16.4. The van der Waals surface area contributed by atoms with Crippen LogP contribution >= 0.6 is 22.6 Å². The molecule has 2 aromatic heterocycles. The predicted octanol–water partition coefficient (Wildman–Crippen LogP) is 8.99. The molecule has 0 saturated heterocycles. The van der Waals surface area contributed by atoms with E-state index >= 15 is 0 Å². The average molecular weight is 739 g/mol. The van der Waals surface area contributed by atoms with Crippen molar-refractivity contribution in [3.8, 4) is 34.9 Å². The number of aromatic nitrogens is 2. The van der Waals surface area contributed by atoms with E-state index in [9.17, 15) is 5.26 Å². The van der Waals surface area contributed by atoms with Gasteiger partial charge < -0.3 is 30.1 Å². The van der Waals surface area contributed by atoms with Crippen LogP contribution in [0.15, 0.2) is 91.1 Å². The van der Waals surface area contributed by atoms with E-state index in [-0.39, 0.29) is 0 Å². The van der Waals surface area contributed by atoms with Gasteiger partial charge in [0.15, 0.2) is 0 Å². The SMILES string of the molecule is CCCn1c(-c2ccc(N)cc2)c(C#N)c2ccc(OC)cc21.CCCn1cc(C#N)c2ccc(OC)cc21.Nc1ccc(I)cc1. The zero-order valence-electron chi connectivity index (χ0n) is 27.1. The molecule has 0 saturated carbocycles. The third kappa shape index (κ3) is 8.18. The molecular formula is C38H39IN6O2. The number of hydrogen-bond acceptors (Lipinski definition) is 6. The molecule has 0 fully saturated rings. The lowest BCUT2D eigenvalue weighted by atomic mass is 10.1. The van der Waals surface area contributed by atoms with Crippen molar-refractivity contribution in [2.75, 3.05) is 25.7 Å². The van der Waals surface area contributed by atoms with Crippen LogP contribution in [0.2, 0.25) is 0 Å². The summed E-state index contributed by atoms with van der Waals surface area (Å²) in [4.78, 5) is 0. The molecule has 2 heterocycles. The molecule has 4 aromatic carbocycles. The molecule has 47 heavy (non-hydrogen) atoms. The molecule has 0 atom stereocenters. The Balaban J connectivity index is 0.000000180. The van der Waals surface area contributed by atoms with E-state index in [0.717, 1.165) is 81.7 Å². The number of halogens is 1. The summed E-state index contributed by atoms with van der Waals surface area (Å²) in [5.74, 6) is 1.62. The first-order chi connectivity index (χ1) is 22.8. The third-order valence-electron chi connectivity index (χ3n) is 7.56. The van der Waals surface area contributed by atoms with Gasteiger partial charge >= 0.3 is 0 Å². The minimum Gasteiger partial charge on any atom is -0.497 e. The number of nitrogens with zero attached hydrogens (tertiary/aromatic N) is 4. The third-order valence-corrected chi connectivity index (χ3v) is 8.28. The smallest absolute Gasteiger partial charge is 0.120 e. The summed E-state index contributed by atoms with van der Waals surface area (Å²) in [6.45, 7) is 6.01. The van der Waals surface area contributed by atoms with Crippen LogP contribution in [-0.2, 0) is 13.1 Å². The summed E-state index contributed by atoms with van der Waals surface area (Å²) < 4.78 is 16.1. The average Bonchev–Trinajstić information content (AvgIpc) is 3.61. The molecule has 0 aliphatic heterocycles. The summed E-state index contributed by atoms with van der Waals surface area (Å²) >= 11 is 2.24. The normalized spacial score (nSPS) is 10.3. The van der Waals surface area contributed by atoms with Gasteiger partial charge in [-0.05, 0) is 102 Å². The molecule has 8 nitrogen and oxygen atoms in total. The van der Waals surface area contributed by atoms with Crippen LogP contribution in [0.4, 0.5) is 11.4 Å². The Bertz CT molecular complexity index is 2010. The van der Waals surface area contributed by atoms with Gasteiger partial charge in [0, 0.05) is 57.1 Å². The van der Waals surface area contributed by atoms with Gasteiger partial charge in [-0.2, -0.15) is 10.5 Å². The Hall–Kier alpha value is -5.13. The van der Waals surface area contributed by atoms with Crippen LogP contribution in [0, 0.1) is 26.2 Å². The van der Waals surface area contributed by atoms with Gasteiger partial charge in [-0.3, -0.25) is 0 Å². The minimum atomic E-state index is 0.695.